The van der Waals surface area contributed by atoms with Crippen molar-refractivity contribution < 1.29 is 9.47 Å². The molecule has 1 saturated heterocycles. The van der Waals surface area contributed by atoms with Gasteiger partial charge >= 0.3 is 0 Å². The average Bonchev–Trinajstić information content (AvgIpc) is 3.46. The summed E-state index contributed by atoms with van der Waals surface area (Å²) in [5.74, 6) is 2.95. The van der Waals surface area contributed by atoms with Crippen molar-refractivity contribution in [3.63, 3.8) is 0 Å². The predicted molar refractivity (Wildman–Crippen MR) is 116 cm³/mol. The number of ether oxygens (including phenoxy) is 2. The minimum Gasteiger partial charge on any atom is -0.454 e. The number of rotatable bonds is 4. The molecule has 6 rings (SSSR count). The fraction of sp³-hybridized carbons (Fsp3) is 0.292. The number of likely N-dealkylation sites (tertiary alicyclic amines) is 1. The van der Waals surface area contributed by atoms with Crippen LogP contribution in [0.25, 0.3) is 16.8 Å². The van der Waals surface area contributed by atoms with Gasteiger partial charge in [-0.2, -0.15) is 5.10 Å². The summed E-state index contributed by atoms with van der Waals surface area (Å²) in [4.78, 5) is 11.4. The van der Waals surface area contributed by atoms with Gasteiger partial charge in [-0.3, -0.25) is 9.88 Å². The molecule has 1 atom stereocenters. The third kappa shape index (κ3) is 3.61. The third-order valence-corrected chi connectivity index (χ3v) is 6.07. The maximum absolute atomic E-state index is 5.53. The Morgan fingerprint density at radius 1 is 0.968 bits per heavy atom. The lowest BCUT2D eigenvalue weighted by Gasteiger charge is -2.31. The van der Waals surface area contributed by atoms with Gasteiger partial charge in [0.15, 0.2) is 23.0 Å². The maximum Gasteiger partial charge on any atom is 0.231 e. The van der Waals surface area contributed by atoms with Gasteiger partial charge < -0.3 is 9.47 Å². The van der Waals surface area contributed by atoms with Crippen LogP contribution < -0.4 is 9.47 Å². The van der Waals surface area contributed by atoms with Gasteiger partial charge in [-0.1, -0.05) is 6.07 Å². The molecule has 1 aromatic carbocycles. The summed E-state index contributed by atoms with van der Waals surface area (Å²) >= 11 is 0. The van der Waals surface area contributed by atoms with Crippen LogP contribution in [0.15, 0.2) is 61.1 Å². The molecule has 31 heavy (non-hydrogen) atoms. The zero-order valence-corrected chi connectivity index (χ0v) is 17.1. The Labute approximate surface area is 180 Å². The molecule has 4 aromatic rings. The van der Waals surface area contributed by atoms with E-state index in [9.17, 15) is 0 Å². The van der Waals surface area contributed by atoms with Gasteiger partial charge in [-0.05, 0) is 66.9 Å². The van der Waals surface area contributed by atoms with Crippen LogP contribution in [0.2, 0.25) is 0 Å². The van der Waals surface area contributed by atoms with Crippen molar-refractivity contribution in [3.05, 3.63) is 72.4 Å². The smallest absolute Gasteiger partial charge is 0.231 e. The van der Waals surface area contributed by atoms with E-state index in [2.05, 4.69) is 28.1 Å². The van der Waals surface area contributed by atoms with E-state index < -0.39 is 0 Å². The van der Waals surface area contributed by atoms with E-state index in [4.69, 9.17) is 19.6 Å². The van der Waals surface area contributed by atoms with Gasteiger partial charge in [0.05, 0.1) is 0 Å². The highest BCUT2D eigenvalue weighted by Crippen LogP contribution is 2.33. The van der Waals surface area contributed by atoms with E-state index in [1.807, 2.05) is 47.4 Å². The number of nitrogens with zero attached hydrogens (tertiary/aromatic N) is 5. The second-order valence-corrected chi connectivity index (χ2v) is 8.19. The number of hydrogen-bond donors (Lipinski definition) is 0. The van der Waals surface area contributed by atoms with Crippen molar-refractivity contribution in [1.29, 1.82) is 0 Å². The lowest BCUT2D eigenvalue weighted by Crippen LogP contribution is -2.34. The van der Waals surface area contributed by atoms with Gasteiger partial charge in [0.1, 0.15) is 0 Å². The molecule has 0 N–H and O–H groups in total. The normalized spacial score (nSPS) is 18.5. The molecule has 0 radical (unpaired) electrons. The van der Waals surface area contributed by atoms with Crippen LogP contribution in [0.4, 0.5) is 0 Å². The topological polar surface area (TPSA) is 64.8 Å². The molecule has 5 heterocycles. The van der Waals surface area contributed by atoms with Crippen molar-refractivity contribution in [1.82, 2.24) is 24.5 Å². The quantitative estimate of drug-likeness (QED) is 0.506. The monoisotopic (exact) mass is 413 g/mol. The first-order chi connectivity index (χ1) is 15.3. The van der Waals surface area contributed by atoms with Crippen molar-refractivity contribution in [2.45, 2.75) is 25.3 Å². The standard InChI is InChI=1S/C24H23N5O2/c1-2-20(14-28(11-1)13-17-3-5-21-22(12-17)31-16-30-21)24-26-23-6-4-19(15-29(23)27-24)18-7-9-25-10-8-18/h3-10,12,15,20H,1-2,11,13-14,16H2/t20-/m0/s1. The summed E-state index contributed by atoms with van der Waals surface area (Å²) in [5.41, 5.74) is 4.37. The van der Waals surface area contributed by atoms with Crippen LogP contribution in [-0.2, 0) is 6.54 Å². The highest BCUT2D eigenvalue weighted by Gasteiger charge is 2.25. The Kier molecular flexibility index (Phi) is 4.53. The molecule has 0 amide bonds. The first-order valence-corrected chi connectivity index (χ1v) is 10.7. The molecule has 0 aliphatic carbocycles. The fourth-order valence-electron chi connectivity index (χ4n) is 4.50. The van der Waals surface area contributed by atoms with Gasteiger partial charge in [0, 0.05) is 43.2 Å². The summed E-state index contributed by atoms with van der Waals surface area (Å²) in [6.07, 6.45) is 7.93. The maximum atomic E-state index is 5.53. The summed E-state index contributed by atoms with van der Waals surface area (Å²) in [6, 6.07) is 14.4. The largest absolute Gasteiger partial charge is 0.454 e. The van der Waals surface area contributed by atoms with E-state index in [-0.39, 0.29) is 0 Å². The Balaban J connectivity index is 1.20. The molecule has 2 aliphatic heterocycles. The SMILES string of the molecule is c1cc(-c2ccc3nc([C@H]4CCCN(Cc5ccc6c(c5)OCO6)C4)nn3c2)ccn1. The van der Waals surface area contributed by atoms with Crippen molar-refractivity contribution in [2.24, 2.45) is 0 Å². The number of benzene rings is 1. The predicted octanol–water partition coefficient (Wildman–Crippen LogP) is 3.90. The second kappa shape index (κ2) is 7.67. The molecule has 0 saturated carbocycles. The number of fused-ring (bicyclic) bond motifs is 2. The zero-order chi connectivity index (χ0) is 20.6. The van der Waals surface area contributed by atoms with Crippen molar-refractivity contribution in [3.8, 4) is 22.6 Å². The molecule has 0 spiro atoms. The van der Waals surface area contributed by atoms with E-state index in [0.717, 1.165) is 66.6 Å². The van der Waals surface area contributed by atoms with Crippen LogP contribution in [0.3, 0.4) is 0 Å². The molecule has 0 bridgehead atoms. The van der Waals surface area contributed by atoms with Crippen molar-refractivity contribution >= 4 is 5.65 Å². The van der Waals surface area contributed by atoms with Crippen molar-refractivity contribution in [2.75, 3.05) is 19.9 Å². The molecule has 2 aliphatic rings. The molecule has 156 valence electrons. The van der Waals surface area contributed by atoms with Crippen LogP contribution in [0.1, 0.15) is 30.1 Å². The molecule has 0 unspecified atom stereocenters. The van der Waals surface area contributed by atoms with Crippen LogP contribution in [-0.4, -0.2) is 44.4 Å². The van der Waals surface area contributed by atoms with Crippen LogP contribution >= 0.6 is 0 Å². The van der Waals surface area contributed by atoms with Gasteiger partial charge in [-0.25, -0.2) is 9.50 Å². The number of pyridine rings is 2. The number of hydrogen-bond acceptors (Lipinski definition) is 6. The minimum atomic E-state index is 0.313. The fourth-order valence-corrected chi connectivity index (χ4v) is 4.50. The average molecular weight is 413 g/mol. The summed E-state index contributed by atoms with van der Waals surface area (Å²) in [7, 11) is 0. The lowest BCUT2D eigenvalue weighted by atomic mass is 9.97. The number of piperidine rings is 1. The highest BCUT2D eigenvalue weighted by atomic mass is 16.7. The zero-order valence-electron chi connectivity index (χ0n) is 17.1. The van der Waals surface area contributed by atoms with E-state index in [1.54, 1.807) is 0 Å². The van der Waals surface area contributed by atoms with Crippen LogP contribution in [0, 0.1) is 0 Å². The van der Waals surface area contributed by atoms with Crippen LogP contribution in [0.5, 0.6) is 11.5 Å². The first kappa shape index (κ1) is 18.3. The first-order valence-electron chi connectivity index (χ1n) is 10.7. The molecular weight excluding hydrogens is 390 g/mol. The Morgan fingerprint density at radius 2 is 1.87 bits per heavy atom. The Hall–Kier alpha value is -3.45. The lowest BCUT2D eigenvalue weighted by molar-refractivity contribution is 0.173. The highest BCUT2D eigenvalue weighted by molar-refractivity contribution is 5.63. The summed E-state index contributed by atoms with van der Waals surface area (Å²) < 4.78 is 12.9. The second-order valence-electron chi connectivity index (χ2n) is 8.19. The number of aromatic nitrogens is 4. The van der Waals surface area contributed by atoms with Gasteiger partial charge in [0.25, 0.3) is 0 Å². The molecule has 7 nitrogen and oxygen atoms in total. The van der Waals surface area contributed by atoms with E-state index in [1.165, 1.54) is 5.56 Å². The Bertz CT molecular complexity index is 1220. The molecule has 3 aromatic heterocycles. The Morgan fingerprint density at radius 3 is 2.81 bits per heavy atom. The molecule has 1 fully saturated rings. The van der Waals surface area contributed by atoms with E-state index in [0.29, 0.717) is 12.7 Å². The summed E-state index contributed by atoms with van der Waals surface area (Å²) in [5, 5.41) is 4.84. The van der Waals surface area contributed by atoms with Gasteiger partial charge in [0.2, 0.25) is 6.79 Å². The minimum absolute atomic E-state index is 0.313. The summed E-state index contributed by atoms with van der Waals surface area (Å²) in [6.45, 7) is 3.26. The molecular formula is C24H23N5O2. The third-order valence-electron chi connectivity index (χ3n) is 6.07. The van der Waals surface area contributed by atoms with Gasteiger partial charge in [-0.15, -0.1) is 0 Å². The van der Waals surface area contributed by atoms with E-state index >= 15 is 0 Å². The molecule has 7 heteroatoms.